The minimum absolute atomic E-state index is 0.201. The van der Waals surface area contributed by atoms with E-state index in [1.54, 1.807) is 24.7 Å². The number of carbonyl (C=O) groups excluding carboxylic acids is 1. The van der Waals surface area contributed by atoms with Crippen LogP contribution < -0.4 is 5.32 Å². The summed E-state index contributed by atoms with van der Waals surface area (Å²) in [6.45, 7) is 3.58. The first-order chi connectivity index (χ1) is 13.9. The summed E-state index contributed by atoms with van der Waals surface area (Å²) in [5, 5.41) is 21.7. The Labute approximate surface area is 167 Å². The number of aromatic nitrogens is 4. The maximum atomic E-state index is 12.9. The van der Waals surface area contributed by atoms with Crippen molar-refractivity contribution in [2.45, 2.75) is 45.1 Å². The van der Waals surface area contributed by atoms with Gasteiger partial charge < -0.3 is 10.4 Å². The number of hydrogen-bond acceptors (Lipinski definition) is 5. The van der Waals surface area contributed by atoms with Crippen LogP contribution in [-0.2, 0) is 4.79 Å². The van der Waals surface area contributed by atoms with E-state index in [1.165, 1.54) is 0 Å². The molecule has 29 heavy (non-hydrogen) atoms. The van der Waals surface area contributed by atoms with E-state index < -0.39 is 23.3 Å². The SMILES string of the molecule is Cc1c(C(=O)NC2(C)CCCCC2C(=O)O)nnn1-c1ccc2ncccc2c1. The van der Waals surface area contributed by atoms with Gasteiger partial charge in [0.2, 0.25) is 0 Å². The molecule has 2 heterocycles. The molecule has 2 aromatic heterocycles. The van der Waals surface area contributed by atoms with Crippen LogP contribution in [0.25, 0.3) is 16.6 Å². The van der Waals surface area contributed by atoms with E-state index >= 15 is 0 Å². The van der Waals surface area contributed by atoms with Gasteiger partial charge in [-0.2, -0.15) is 0 Å². The van der Waals surface area contributed by atoms with Gasteiger partial charge in [-0.25, -0.2) is 4.68 Å². The monoisotopic (exact) mass is 393 g/mol. The third kappa shape index (κ3) is 3.46. The van der Waals surface area contributed by atoms with Gasteiger partial charge in [0, 0.05) is 11.6 Å². The Kier molecular flexibility index (Phi) is 4.77. The summed E-state index contributed by atoms with van der Waals surface area (Å²) in [5.41, 5.74) is 1.65. The molecular formula is C21H23N5O3. The van der Waals surface area contributed by atoms with E-state index in [0.29, 0.717) is 18.5 Å². The van der Waals surface area contributed by atoms with Gasteiger partial charge in [0.05, 0.1) is 28.4 Å². The highest BCUT2D eigenvalue weighted by Gasteiger charge is 2.42. The summed E-state index contributed by atoms with van der Waals surface area (Å²) in [6.07, 6.45) is 4.66. The predicted octanol–water partition coefficient (Wildman–Crippen LogP) is 2.89. The van der Waals surface area contributed by atoms with Crippen molar-refractivity contribution in [2.75, 3.05) is 0 Å². The van der Waals surface area contributed by atoms with Crippen molar-refractivity contribution in [3.05, 3.63) is 47.9 Å². The van der Waals surface area contributed by atoms with Crippen LogP contribution in [0.15, 0.2) is 36.5 Å². The fourth-order valence-electron chi connectivity index (χ4n) is 4.18. The fraction of sp³-hybridized carbons (Fsp3) is 0.381. The van der Waals surface area contributed by atoms with E-state index in [1.807, 2.05) is 30.3 Å². The fourth-order valence-corrected chi connectivity index (χ4v) is 4.18. The van der Waals surface area contributed by atoms with Crippen molar-refractivity contribution in [3.63, 3.8) is 0 Å². The number of hydrogen-bond donors (Lipinski definition) is 2. The van der Waals surface area contributed by atoms with Crippen LogP contribution in [0.5, 0.6) is 0 Å². The van der Waals surface area contributed by atoms with Crippen molar-refractivity contribution in [2.24, 2.45) is 5.92 Å². The molecule has 1 fully saturated rings. The number of carboxylic acids is 1. The molecule has 2 unspecified atom stereocenters. The first-order valence-corrected chi connectivity index (χ1v) is 9.72. The Balaban J connectivity index is 1.62. The Bertz CT molecular complexity index is 1090. The van der Waals surface area contributed by atoms with E-state index in [4.69, 9.17) is 0 Å². The first-order valence-electron chi connectivity index (χ1n) is 9.72. The Morgan fingerprint density at radius 3 is 2.90 bits per heavy atom. The molecule has 0 spiro atoms. The molecule has 2 atom stereocenters. The first kappa shape index (κ1) is 19.0. The van der Waals surface area contributed by atoms with Gasteiger partial charge in [0.1, 0.15) is 0 Å². The summed E-state index contributed by atoms with van der Waals surface area (Å²) in [4.78, 5) is 28.9. The van der Waals surface area contributed by atoms with Gasteiger partial charge in [-0.1, -0.05) is 24.1 Å². The topological polar surface area (TPSA) is 110 Å². The summed E-state index contributed by atoms with van der Waals surface area (Å²) in [5.74, 6) is -1.88. The molecule has 1 amide bonds. The zero-order valence-corrected chi connectivity index (χ0v) is 16.4. The second kappa shape index (κ2) is 7.27. The van der Waals surface area contributed by atoms with Crippen LogP contribution in [0, 0.1) is 12.8 Å². The van der Waals surface area contributed by atoms with Gasteiger partial charge in [-0.15, -0.1) is 5.10 Å². The molecule has 0 radical (unpaired) electrons. The van der Waals surface area contributed by atoms with Crippen molar-refractivity contribution < 1.29 is 14.7 Å². The lowest BCUT2D eigenvalue weighted by atomic mass is 9.74. The molecule has 1 aliphatic rings. The van der Waals surface area contributed by atoms with Gasteiger partial charge in [0.25, 0.3) is 5.91 Å². The molecule has 2 N–H and O–H groups in total. The highest BCUT2D eigenvalue weighted by atomic mass is 16.4. The molecule has 3 aromatic rings. The minimum Gasteiger partial charge on any atom is -0.481 e. The summed E-state index contributed by atoms with van der Waals surface area (Å²) < 4.78 is 1.61. The molecular weight excluding hydrogens is 370 g/mol. The molecule has 1 saturated carbocycles. The van der Waals surface area contributed by atoms with E-state index in [-0.39, 0.29) is 5.69 Å². The number of pyridine rings is 1. The van der Waals surface area contributed by atoms with E-state index in [9.17, 15) is 14.7 Å². The third-order valence-corrected chi connectivity index (χ3v) is 5.85. The van der Waals surface area contributed by atoms with Gasteiger partial charge >= 0.3 is 5.97 Å². The lowest BCUT2D eigenvalue weighted by Crippen LogP contribution is -2.55. The average Bonchev–Trinajstić information content (AvgIpc) is 3.09. The number of aliphatic carboxylic acids is 1. The normalized spacial score (nSPS) is 21.8. The van der Waals surface area contributed by atoms with E-state index in [2.05, 4.69) is 20.6 Å². The Hall–Kier alpha value is -3.29. The maximum absolute atomic E-state index is 12.9. The van der Waals surface area contributed by atoms with Crippen LogP contribution in [0.4, 0.5) is 0 Å². The lowest BCUT2D eigenvalue weighted by molar-refractivity contribution is -0.145. The predicted molar refractivity (Wildman–Crippen MR) is 107 cm³/mol. The molecule has 1 aliphatic carbocycles. The van der Waals surface area contributed by atoms with Crippen LogP contribution in [0.1, 0.15) is 48.8 Å². The van der Waals surface area contributed by atoms with Gasteiger partial charge in [0.15, 0.2) is 5.69 Å². The number of amides is 1. The summed E-state index contributed by atoms with van der Waals surface area (Å²) in [7, 11) is 0. The number of nitrogens with one attached hydrogen (secondary N) is 1. The number of carboxylic acid groups (broad SMARTS) is 1. The number of carbonyl (C=O) groups is 2. The quantitative estimate of drug-likeness (QED) is 0.705. The highest BCUT2D eigenvalue weighted by Crippen LogP contribution is 2.34. The molecule has 0 bridgehead atoms. The molecule has 1 aromatic carbocycles. The standard InChI is InChI=1S/C21H23N5O3/c1-13-18(19(27)23-21(2)10-4-3-7-16(21)20(28)29)24-25-26(13)15-8-9-17-14(12-15)6-5-11-22-17/h5-6,8-9,11-12,16H,3-4,7,10H2,1-2H3,(H,23,27)(H,28,29). The summed E-state index contributed by atoms with van der Waals surface area (Å²) >= 11 is 0. The van der Waals surface area contributed by atoms with Gasteiger partial charge in [-0.3, -0.25) is 14.6 Å². The number of fused-ring (bicyclic) bond motifs is 1. The lowest BCUT2D eigenvalue weighted by Gasteiger charge is -2.39. The smallest absolute Gasteiger partial charge is 0.308 e. The second-order valence-corrected chi connectivity index (χ2v) is 7.82. The molecule has 8 heteroatoms. The second-order valence-electron chi connectivity index (χ2n) is 7.82. The van der Waals surface area contributed by atoms with Crippen LogP contribution in [-0.4, -0.2) is 42.5 Å². The van der Waals surface area contributed by atoms with Gasteiger partial charge in [-0.05, 0) is 51.0 Å². The molecule has 0 aliphatic heterocycles. The average molecular weight is 393 g/mol. The maximum Gasteiger partial charge on any atom is 0.308 e. The Morgan fingerprint density at radius 1 is 1.28 bits per heavy atom. The molecule has 0 saturated heterocycles. The van der Waals surface area contributed by atoms with E-state index in [0.717, 1.165) is 29.4 Å². The van der Waals surface area contributed by atoms with Crippen molar-refractivity contribution in [1.82, 2.24) is 25.3 Å². The zero-order chi connectivity index (χ0) is 20.6. The van der Waals surface area contributed by atoms with Crippen molar-refractivity contribution >= 4 is 22.8 Å². The zero-order valence-electron chi connectivity index (χ0n) is 16.4. The Morgan fingerprint density at radius 2 is 2.10 bits per heavy atom. The van der Waals surface area contributed by atoms with Crippen LogP contribution in [0.3, 0.4) is 0 Å². The summed E-state index contributed by atoms with van der Waals surface area (Å²) in [6, 6.07) is 9.53. The van der Waals surface area contributed by atoms with Crippen LogP contribution in [0.2, 0.25) is 0 Å². The van der Waals surface area contributed by atoms with Crippen LogP contribution >= 0.6 is 0 Å². The molecule has 150 valence electrons. The molecule has 8 nitrogen and oxygen atoms in total. The largest absolute Gasteiger partial charge is 0.481 e. The van der Waals surface area contributed by atoms with Crippen molar-refractivity contribution in [3.8, 4) is 5.69 Å². The minimum atomic E-state index is -0.877. The molecule has 4 rings (SSSR count). The number of rotatable bonds is 4. The third-order valence-electron chi connectivity index (χ3n) is 5.85. The highest BCUT2D eigenvalue weighted by molar-refractivity contribution is 5.94. The van der Waals surface area contributed by atoms with Crippen molar-refractivity contribution in [1.29, 1.82) is 0 Å². The number of benzene rings is 1. The number of nitrogens with zero attached hydrogens (tertiary/aromatic N) is 4.